The van der Waals surface area contributed by atoms with E-state index in [4.69, 9.17) is 11.6 Å². The van der Waals surface area contributed by atoms with Gasteiger partial charge in [0, 0.05) is 24.0 Å². The average Bonchev–Trinajstić information content (AvgIpc) is 3.13. The van der Waals surface area contributed by atoms with Crippen molar-refractivity contribution in [2.24, 2.45) is 0 Å². The monoisotopic (exact) mass is 253 g/mol. The van der Waals surface area contributed by atoms with Crippen LogP contribution in [0.4, 0.5) is 0 Å². The molecular weight excluding hydrogens is 238 g/mol. The largest absolute Gasteiger partial charge is 0.508 e. The molecule has 1 N–H and O–H groups in total. The van der Waals surface area contributed by atoms with E-state index < -0.39 is 0 Å². The standard InChI is InChI=1S/C13H16ClNO2/c14-7-8-15(11-5-6-11)13(17)9-10-3-1-2-4-12(10)16/h1-4,11,16H,5-9H2. The molecule has 0 heterocycles. The minimum absolute atomic E-state index is 0.0506. The number of carbonyl (C=O) groups is 1. The number of phenolic OH excluding ortho intramolecular Hbond substituents is 1. The Kier molecular flexibility index (Phi) is 3.89. The van der Waals surface area contributed by atoms with Crippen LogP contribution in [0.3, 0.4) is 0 Å². The van der Waals surface area contributed by atoms with Crippen molar-refractivity contribution in [2.45, 2.75) is 25.3 Å². The van der Waals surface area contributed by atoms with Gasteiger partial charge >= 0.3 is 0 Å². The van der Waals surface area contributed by atoms with Gasteiger partial charge in [0.05, 0.1) is 6.42 Å². The minimum Gasteiger partial charge on any atom is -0.508 e. The molecule has 3 nitrogen and oxygen atoms in total. The molecule has 1 saturated carbocycles. The molecule has 17 heavy (non-hydrogen) atoms. The zero-order valence-corrected chi connectivity index (χ0v) is 10.4. The fourth-order valence-electron chi connectivity index (χ4n) is 1.91. The number of benzene rings is 1. The van der Waals surface area contributed by atoms with Crippen LogP contribution in [-0.2, 0) is 11.2 Å². The van der Waals surface area contributed by atoms with Crippen molar-refractivity contribution in [3.8, 4) is 5.75 Å². The highest BCUT2D eigenvalue weighted by Gasteiger charge is 2.31. The molecule has 92 valence electrons. The lowest BCUT2D eigenvalue weighted by Gasteiger charge is -2.21. The van der Waals surface area contributed by atoms with E-state index in [1.807, 2.05) is 11.0 Å². The van der Waals surface area contributed by atoms with Crippen molar-refractivity contribution in [2.75, 3.05) is 12.4 Å². The predicted molar refractivity (Wildman–Crippen MR) is 67.3 cm³/mol. The van der Waals surface area contributed by atoms with Crippen LogP contribution < -0.4 is 0 Å². The third-order valence-corrected chi connectivity index (χ3v) is 3.14. The number of phenols is 1. The fourth-order valence-corrected chi connectivity index (χ4v) is 2.10. The van der Waals surface area contributed by atoms with Crippen LogP contribution in [0.15, 0.2) is 24.3 Å². The SMILES string of the molecule is O=C(Cc1ccccc1O)N(CCCl)C1CC1. The Bertz CT molecular complexity index is 404. The Hall–Kier alpha value is -1.22. The van der Waals surface area contributed by atoms with E-state index in [0.717, 1.165) is 12.8 Å². The number of hydrogen-bond donors (Lipinski definition) is 1. The highest BCUT2D eigenvalue weighted by Crippen LogP contribution is 2.28. The quantitative estimate of drug-likeness (QED) is 0.817. The molecule has 0 saturated heterocycles. The number of carbonyl (C=O) groups excluding carboxylic acids is 1. The van der Waals surface area contributed by atoms with E-state index >= 15 is 0 Å². The number of aromatic hydroxyl groups is 1. The first-order valence-electron chi connectivity index (χ1n) is 5.84. The molecule has 0 aliphatic heterocycles. The van der Waals surface area contributed by atoms with Crippen LogP contribution in [0.25, 0.3) is 0 Å². The summed E-state index contributed by atoms with van der Waals surface area (Å²) in [6, 6.07) is 7.32. The first-order valence-corrected chi connectivity index (χ1v) is 6.38. The Morgan fingerprint density at radius 1 is 1.41 bits per heavy atom. The molecule has 0 radical (unpaired) electrons. The van der Waals surface area contributed by atoms with E-state index in [9.17, 15) is 9.90 Å². The number of hydrogen-bond acceptors (Lipinski definition) is 2. The Morgan fingerprint density at radius 3 is 2.71 bits per heavy atom. The molecule has 1 aliphatic rings. The second kappa shape index (κ2) is 5.41. The van der Waals surface area contributed by atoms with Gasteiger partial charge in [0.15, 0.2) is 0 Å². The smallest absolute Gasteiger partial charge is 0.227 e. The summed E-state index contributed by atoms with van der Waals surface area (Å²) in [5.74, 6) is 0.695. The van der Waals surface area contributed by atoms with Gasteiger partial charge < -0.3 is 10.0 Å². The van der Waals surface area contributed by atoms with Crippen molar-refractivity contribution in [1.82, 2.24) is 4.90 Å². The lowest BCUT2D eigenvalue weighted by molar-refractivity contribution is -0.130. The maximum absolute atomic E-state index is 12.1. The van der Waals surface area contributed by atoms with Gasteiger partial charge in [-0.15, -0.1) is 11.6 Å². The topological polar surface area (TPSA) is 40.5 Å². The molecule has 0 spiro atoms. The second-order valence-electron chi connectivity index (χ2n) is 4.31. The molecule has 0 bridgehead atoms. The van der Waals surface area contributed by atoms with Crippen molar-refractivity contribution in [3.05, 3.63) is 29.8 Å². The van der Waals surface area contributed by atoms with Gasteiger partial charge in [-0.1, -0.05) is 18.2 Å². The number of rotatable bonds is 5. The zero-order valence-electron chi connectivity index (χ0n) is 9.60. The number of alkyl halides is 1. The number of nitrogens with zero attached hydrogens (tertiary/aromatic N) is 1. The van der Waals surface area contributed by atoms with Crippen molar-refractivity contribution < 1.29 is 9.90 Å². The van der Waals surface area contributed by atoms with Gasteiger partial charge in [-0.3, -0.25) is 4.79 Å². The maximum Gasteiger partial charge on any atom is 0.227 e. The van der Waals surface area contributed by atoms with Gasteiger partial charge in [0.2, 0.25) is 5.91 Å². The summed E-state index contributed by atoms with van der Waals surface area (Å²) in [4.78, 5) is 13.9. The van der Waals surface area contributed by atoms with Crippen LogP contribution in [0.2, 0.25) is 0 Å². The Labute approximate surface area is 106 Å². The van der Waals surface area contributed by atoms with Gasteiger partial charge in [0.25, 0.3) is 0 Å². The average molecular weight is 254 g/mol. The highest BCUT2D eigenvalue weighted by molar-refractivity contribution is 6.18. The summed E-state index contributed by atoms with van der Waals surface area (Å²) in [6.07, 6.45) is 2.40. The summed E-state index contributed by atoms with van der Waals surface area (Å²) >= 11 is 5.70. The normalized spacial score (nSPS) is 14.6. The van der Waals surface area contributed by atoms with Crippen LogP contribution in [0, 0.1) is 0 Å². The van der Waals surface area contributed by atoms with E-state index in [1.54, 1.807) is 18.2 Å². The molecule has 1 fully saturated rings. The molecule has 4 heteroatoms. The van der Waals surface area contributed by atoms with E-state index in [-0.39, 0.29) is 18.1 Å². The molecule has 1 aromatic rings. The summed E-state index contributed by atoms with van der Waals surface area (Å²) in [7, 11) is 0. The first-order chi connectivity index (χ1) is 8.22. The number of amides is 1. The molecule has 2 rings (SSSR count). The number of halogens is 1. The lowest BCUT2D eigenvalue weighted by Crippen LogP contribution is -2.35. The van der Waals surface area contributed by atoms with Gasteiger partial charge in [-0.2, -0.15) is 0 Å². The van der Waals surface area contributed by atoms with Crippen molar-refractivity contribution in [3.63, 3.8) is 0 Å². The van der Waals surface area contributed by atoms with Crippen LogP contribution in [0.5, 0.6) is 5.75 Å². The fraction of sp³-hybridized carbons (Fsp3) is 0.462. The van der Waals surface area contributed by atoms with Gasteiger partial charge in [-0.05, 0) is 18.9 Å². The van der Waals surface area contributed by atoms with Crippen molar-refractivity contribution >= 4 is 17.5 Å². The molecule has 1 aromatic carbocycles. The summed E-state index contributed by atoms with van der Waals surface area (Å²) in [5.41, 5.74) is 0.678. The highest BCUT2D eigenvalue weighted by atomic mass is 35.5. The maximum atomic E-state index is 12.1. The lowest BCUT2D eigenvalue weighted by atomic mass is 10.1. The van der Waals surface area contributed by atoms with Crippen LogP contribution >= 0.6 is 11.6 Å². The Morgan fingerprint density at radius 2 is 2.12 bits per heavy atom. The summed E-state index contributed by atoms with van der Waals surface area (Å²) in [5, 5.41) is 9.63. The third kappa shape index (κ3) is 3.13. The number of para-hydroxylation sites is 1. The zero-order chi connectivity index (χ0) is 12.3. The van der Waals surface area contributed by atoms with E-state index in [1.165, 1.54) is 0 Å². The molecule has 0 unspecified atom stereocenters. The summed E-state index contributed by atoms with van der Waals surface area (Å²) in [6.45, 7) is 0.596. The molecular formula is C13H16ClNO2. The van der Waals surface area contributed by atoms with E-state index in [2.05, 4.69) is 0 Å². The molecule has 1 aliphatic carbocycles. The van der Waals surface area contributed by atoms with Crippen LogP contribution in [0.1, 0.15) is 18.4 Å². The third-order valence-electron chi connectivity index (χ3n) is 2.97. The van der Waals surface area contributed by atoms with Crippen LogP contribution in [-0.4, -0.2) is 34.4 Å². The Balaban J connectivity index is 2.02. The second-order valence-corrected chi connectivity index (χ2v) is 4.69. The van der Waals surface area contributed by atoms with E-state index in [0.29, 0.717) is 24.0 Å². The minimum atomic E-state index is 0.0506. The van der Waals surface area contributed by atoms with Gasteiger partial charge in [0.1, 0.15) is 5.75 Å². The molecule has 1 amide bonds. The molecule has 0 atom stereocenters. The first kappa shape index (κ1) is 12.2. The van der Waals surface area contributed by atoms with Crippen molar-refractivity contribution in [1.29, 1.82) is 0 Å². The van der Waals surface area contributed by atoms with Gasteiger partial charge in [-0.25, -0.2) is 0 Å². The molecule has 0 aromatic heterocycles. The predicted octanol–water partition coefficient (Wildman–Crippen LogP) is 2.16. The summed E-state index contributed by atoms with van der Waals surface area (Å²) < 4.78 is 0.